The first-order valence-corrected chi connectivity index (χ1v) is 8.46. The van der Waals surface area contributed by atoms with Gasteiger partial charge < -0.3 is 9.42 Å². The van der Waals surface area contributed by atoms with Gasteiger partial charge in [0, 0.05) is 29.1 Å². The average molecular weight is 302 g/mol. The summed E-state index contributed by atoms with van der Waals surface area (Å²) in [6, 6.07) is 2.07. The maximum Gasteiger partial charge on any atom is 0.276 e. The molecule has 5 heteroatoms. The number of aromatic nitrogens is 1. The highest BCUT2D eigenvalue weighted by Gasteiger charge is 2.31. The number of fused-ring (bicyclic) bond motifs is 3. The summed E-state index contributed by atoms with van der Waals surface area (Å²) < 4.78 is 5.51. The lowest BCUT2D eigenvalue weighted by Gasteiger charge is -2.29. The molecular formula is C16H18N2O2S. The van der Waals surface area contributed by atoms with Gasteiger partial charge >= 0.3 is 0 Å². The van der Waals surface area contributed by atoms with Gasteiger partial charge in [-0.2, -0.15) is 0 Å². The van der Waals surface area contributed by atoms with Crippen LogP contribution in [0, 0.1) is 5.92 Å². The van der Waals surface area contributed by atoms with Gasteiger partial charge in [0.2, 0.25) is 0 Å². The zero-order valence-corrected chi connectivity index (χ0v) is 12.9. The molecule has 1 fully saturated rings. The molecule has 0 aromatic carbocycles. The molecule has 1 saturated heterocycles. The zero-order valence-electron chi connectivity index (χ0n) is 12.1. The van der Waals surface area contributed by atoms with Crippen LogP contribution >= 0.6 is 11.3 Å². The average Bonchev–Trinajstić information content (AvgIpc) is 3.13. The second kappa shape index (κ2) is 4.98. The van der Waals surface area contributed by atoms with Crippen molar-refractivity contribution in [3.63, 3.8) is 0 Å². The molecule has 0 N–H and O–H groups in total. The molecule has 1 amide bonds. The first-order chi connectivity index (χ1) is 10.2. The topological polar surface area (TPSA) is 46.3 Å². The third-order valence-electron chi connectivity index (χ3n) is 4.65. The van der Waals surface area contributed by atoms with Crippen LogP contribution in [0.3, 0.4) is 0 Å². The van der Waals surface area contributed by atoms with Crippen molar-refractivity contribution in [1.82, 2.24) is 10.1 Å². The maximum absolute atomic E-state index is 12.7. The molecule has 0 spiro atoms. The number of carbonyl (C=O) groups is 1. The first-order valence-electron chi connectivity index (χ1n) is 7.58. The summed E-state index contributed by atoms with van der Waals surface area (Å²) in [5.74, 6) is 1.57. The fourth-order valence-electron chi connectivity index (χ4n) is 3.26. The van der Waals surface area contributed by atoms with Gasteiger partial charge in [-0.3, -0.25) is 4.79 Å². The summed E-state index contributed by atoms with van der Waals surface area (Å²) >= 11 is 1.75. The molecule has 110 valence electrons. The van der Waals surface area contributed by atoms with E-state index in [2.05, 4.69) is 23.5 Å². The first kappa shape index (κ1) is 13.1. The summed E-state index contributed by atoms with van der Waals surface area (Å²) in [5.41, 5.74) is 2.67. The minimum Gasteiger partial charge on any atom is -0.355 e. The number of piperidine rings is 1. The van der Waals surface area contributed by atoms with Crippen LogP contribution in [0.15, 0.2) is 16.0 Å². The van der Waals surface area contributed by atoms with Crippen molar-refractivity contribution in [3.05, 3.63) is 27.6 Å². The van der Waals surface area contributed by atoms with E-state index in [-0.39, 0.29) is 5.91 Å². The molecule has 0 bridgehead atoms. The van der Waals surface area contributed by atoms with Gasteiger partial charge in [0.15, 0.2) is 11.5 Å². The van der Waals surface area contributed by atoms with Gasteiger partial charge in [0.05, 0.1) is 0 Å². The van der Waals surface area contributed by atoms with E-state index >= 15 is 0 Å². The lowest BCUT2D eigenvalue weighted by molar-refractivity contribution is 0.0686. The summed E-state index contributed by atoms with van der Waals surface area (Å²) in [7, 11) is 0. The van der Waals surface area contributed by atoms with Crippen molar-refractivity contribution in [2.75, 3.05) is 13.1 Å². The quantitative estimate of drug-likeness (QED) is 0.811. The van der Waals surface area contributed by atoms with Gasteiger partial charge in [-0.15, -0.1) is 11.3 Å². The van der Waals surface area contributed by atoms with Gasteiger partial charge in [0.25, 0.3) is 5.91 Å². The molecule has 4 rings (SSSR count). The highest BCUT2D eigenvalue weighted by Crippen LogP contribution is 2.38. The second-order valence-corrected chi connectivity index (χ2v) is 7.07. The van der Waals surface area contributed by atoms with Crippen molar-refractivity contribution in [2.24, 2.45) is 5.92 Å². The summed E-state index contributed by atoms with van der Waals surface area (Å²) in [6.45, 7) is 3.93. The SMILES string of the molecule is CC1CCN(C(=O)c2noc3c2CCc2sccc2-3)CC1. The zero-order chi connectivity index (χ0) is 14.4. The van der Waals surface area contributed by atoms with Crippen LogP contribution in [0.25, 0.3) is 11.3 Å². The molecule has 21 heavy (non-hydrogen) atoms. The standard InChI is InChI=1S/C16H18N2O2S/c1-10-4-7-18(8-5-10)16(19)14-12-2-3-13-11(6-9-21-13)15(12)20-17-14/h6,9-10H,2-5,7-8H2,1H3. The highest BCUT2D eigenvalue weighted by atomic mass is 32.1. The van der Waals surface area contributed by atoms with Crippen molar-refractivity contribution >= 4 is 17.2 Å². The van der Waals surface area contributed by atoms with Crippen LogP contribution in [-0.4, -0.2) is 29.1 Å². The third-order valence-corrected chi connectivity index (χ3v) is 5.63. The van der Waals surface area contributed by atoms with E-state index in [4.69, 9.17) is 4.52 Å². The Morgan fingerprint density at radius 3 is 3.00 bits per heavy atom. The molecule has 0 radical (unpaired) electrons. The summed E-state index contributed by atoms with van der Waals surface area (Å²) in [4.78, 5) is 16.0. The fourth-order valence-corrected chi connectivity index (χ4v) is 4.13. The number of hydrogen-bond donors (Lipinski definition) is 0. The van der Waals surface area contributed by atoms with Gasteiger partial charge in [0.1, 0.15) is 0 Å². The largest absolute Gasteiger partial charge is 0.355 e. The van der Waals surface area contributed by atoms with Crippen molar-refractivity contribution in [2.45, 2.75) is 32.6 Å². The highest BCUT2D eigenvalue weighted by molar-refractivity contribution is 7.10. The van der Waals surface area contributed by atoms with Crippen LogP contribution in [0.2, 0.25) is 0 Å². The second-order valence-electron chi connectivity index (χ2n) is 6.07. The number of carbonyl (C=O) groups excluding carboxylic acids is 1. The van der Waals surface area contributed by atoms with E-state index in [1.165, 1.54) is 4.88 Å². The fraction of sp³-hybridized carbons (Fsp3) is 0.500. The van der Waals surface area contributed by atoms with E-state index in [1.807, 2.05) is 4.90 Å². The van der Waals surface area contributed by atoms with Crippen LogP contribution in [0.1, 0.15) is 40.7 Å². The lowest BCUT2D eigenvalue weighted by atomic mass is 9.94. The van der Waals surface area contributed by atoms with E-state index in [9.17, 15) is 4.79 Å². The number of likely N-dealkylation sites (tertiary alicyclic amines) is 1. The van der Waals surface area contributed by atoms with Crippen molar-refractivity contribution in [3.8, 4) is 11.3 Å². The Bertz CT molecular complexity index is 680. The molecule has 1 aliphatic carbocycles. The van der Waals surface area contributed by atoms with Crippen LogP contribution in [0.5, 0.6) is 0 Å². The molecule has 4 nitrogen and oxygen atoms in total. The van der Waals surface area contributed by atoms with E-state index in [0.717, 1.165) is 55.7 Å². The van der Waals surface area contributed by atoms with Gasteiger partial charge in [-0.25, -0.2) is 0 Å². The molecule has 2 aromatic rings. The monoisotopic (exact) mass is 302 g/mol. The molecule has 2 aliphatic rings. The van der Waals surface area contributed by atoms with Gasteiger partial charge in [-0.05, 0) is 43.0 Å². The Labute approximate surface area is 127 Å². The minimum atomic E-state index is 0.0468. The molecule has 1 aliphatic heterocycles. The predicted octanol–water partition coefficient (Wildman–Crippen LogP) is 3.37. The van der Waals surface area contributed by atoms with E-state index in [0.29, 0.717) is 11.6 Å². The van der Waals surface area contributed by atoms with Crippen LogP contribution in [0.4, 0.5) is 0 Å². The molecule has 0 unspecified atom stereocenters. The molecule has 3 heterocycles. The molecule has 0 atom stereocenters. The lowest BCUT2D eigenvalue weighted by Crippen LogP contribution is -2.38. The molecule has 2 aromatic heterocycles. The van der Waals surface area contributed by atoms with Crippen LogP contribution in [-0.2, 0) is 12.8 Å². The normalized spacial score (nSPS) is 18.4. The number of aryl methyl sites for hydroxylation is 1. The Hall–Kier alpha value is -1.62. The number of thiophene rings is 1. The van der Waals surface area contributed by atoms with Gasteiger partial charge in [-0.1, -0.05) is 12.1 Å². The number of rotatable bonds is 1. The van der Waals surface area contributed by atoms with E-state index in [1.54, 1.807) is 11.3 Å². The Morgan fingerprint density at radius 2 is 2.19 bits per heavy atom. The number of hydrogen-bond acceptors (Lipinski definition) is 4. The minimum absolute atomic E-state index is 0.0468. The maximum atomic E-state index is 12.7. The molecule has 0 saturated carbocycles. The summed E-state index contributed by atoms with van der Waals surface area (Å²) in [5, 5.41) is 6.19. The smallest absolute Gasteiger partial charge is 0.276 e. The Kier molecular flexibility index (Phi) is 3.10. The number of nitrogens with zero attached hydrogens (tertiary/aromatic N) is 2. The molecular weight excluding hydrogens is 284 g/mol. The van der Waals surface area contributed by atoms with Crippen molar-refractivity contribution in [1.29, 1.82) is 0 Å². The third kappa shape index (κ3) is 2.11. The predicted molar refractivity (Wildman–Crippen MR) is 81.5 cm³/mol. The van der Waals surface area contributed by atoms with Crippen LogP contribution < -0.4 is 0 Å². The summed E-state index contributed by atoms with van der Waals surface area (Å²) in [6.07, 6.45) is 4.01. The Balaban J connectivity index is 1.64. The van der Waals surface area contributed by atoms with Crippen molar-refractivity contribution < 1.29 is 9.32 Å². The number of amides is 1. The Morgan fingerprint density at radius 1 is 1.38 bits per heavy atom. The van der Waals surface area contributed by atoms with E-state index < -0.39 is 0 Å².